The van der Waals surface area contributed by atoms with E-state index in [1.807, 2.05) is 13.8 Å². The molecule has 2 heterocycles. The van der Waals surface area contributed by atoms with Crippen molar-refractivity contribution in [2.45, 2.75) is 33.7 Å². The van der Waals surface area contributed by atoms with E-state index in [-0.39, 0.29) is 10.7 Å². The molecule has 108 valence electrons. The van der Waals surface area contributed by atoms with Crippen molar-refractivity contribution in [3.63, 3.8) is 0 Å². The van der Waals surface area contributed by atoms with Gasteiger partial charge in [0.1, 0.15) is 0 Å². The topological polar surface area (TPSA) is 73.5 Å². The molecule has 0 aromatic carbocycles. The predicted molar refractivity (Wildman–Crippen MR) is 80.1 cm³/mol. The van der Waals surface area contributed by atoms with Gasteiger partial charge in [0.05, 0.1) is 6.61 Å². The highest BCUT2D eigenvalue weighted by atomic mass is 32.1. The molecule has 2 aromatic heterocycles. The summed E-state index contributed by atoms with van der Waals surface area (Å²) >= 11 is 4.98. The third-order valence-electron chi connectivity index (χ3n) is 2.69. The molecule has 20 heavy (non-hydrogen) atoms. The van der Waals surface area contributed by atoms with Gasteiger partial charge in [-0.05, 0) is 32.5 Å². The maximum atomic E-state index is 12.1. The van der Waals surface area contributed by atoms with E-state index in [0.29, 0.717) is 30.4 Å². The molecule has 1 N–H and O–H groups in total. The fraction of sp³-hybridized carbons (Fsp3) is 0.500. The van der Waals surface area contributed by atoms with Crippen LogP contribution in [0.5, 0.6) is 0 Å². The van der Waals surface area contributed by atoms with Gasteiger partial charge in [-0.1, -0.05) is 6.92 Å². The van der Waals surface area contributed by atoms with Crippen molar-refractivity contribution < 1.29 is 4.74 Å². The summed E-state index contributed by atoms with van der Waals surface area (Å²) in [7, 11) is 0. The Morgan fingerprint density at radius 1 is 1.50 bits per heavy atom. The van der Waals surface area contributed by atoms with Crippen LogP contribution >= 0.6 is 12.2 Å². The molecule has 0 fully saturated rings. The fourth-order valence-electron chi connectivity index (χ4n) is 1.86. The first kappa shape index (κ1) is 14.4. The maximum Gasteiger partial charge on any atom is 0.263 e. The van der Waals surface area contributed by atoms with E-state index in [4.69, 9.17) is 17.0 Å². The van der Waals surface area contributed by atoms with Gasteiger partial charge < -0.3 is 4.74 Å². The SMILES string of the molecule is CCCn1c(=O)c(C)cn2nc(NC(=S)OCC)nc12. The van der Waals surface area contributed by atoms with Crippen molar-refractivity contribution >= 4 is 29.1 Å². The van der Waals surface area contributed by atoms with Gasteiger partial charge in [-0.2, -0.15) is 4.98 Å². The van der Waals surface area contributed by atoms with Crippen LogP contribution in [0.3, 0.4) is 0 Å². The predicted octanol–water partition coefficient (Wildman–Crippen LogP) is 1.34. The number of ether oxygens (including phenoxy) is 1. The molecule has 7 nitrogen and oxygen atoms in total. The van der Waals surface area contributed by atoms with Gasteiger partial charge in [-0.3, -0.25) is 14.7 Å². The van der Waals surface area contributed by atoms with E-state index in [1.165, 1.54) is 0 Å². The number of rotatable bonds is 4. The number of fused-ring (bicyclic) bond motifs is 1. The van der Waals surface area contributed by atoms with Gasteiger partial charge in [0, 0.05) is 18.3 Å². The zero-order chi connectivity index (χ0) is 14.7. The van der Waals surface area contributed by atoms with Crippen LogP contribution in [0.1, 0.15) is 25.8 Å². The number of hydrogen-bond donors (Lipinski definition) is 1. The summed E-state index contributed by atoms with van der Waals surface area (Å²) in [6.07, 6.45) is 2.50. The lowest BCUT2D eigenvalue weighted by Gasteiger charge is -2.05. The summed E-state index contributed by atoms with van der Waals surface area (Å²) in [4.78, 5) is 16.4. The number of thiocarbonyl (C=S) groups is 1. The molecule has 0 atom stereocenters. The monoisotopic (exact) mass is 295 g/mol. The Hall–Kier alpha value is -1.96. The van der Waals surface area contributed by atoms with E-state index in [1.54, 1.807) is 22.2 Å². The number of aromatic nitrogens is 4. The van der Waals surface area contributed by atoms with Gasteiger partial charge in [0.15, 0.2) is 0 Å². The minimum Gasteiger partial charge on any atom is -0.471 e. The summed E-state index contributed by atoms with van der Waals surface area (Å²) in [6.45, 7) is 6.67. The lowest BCUT2D eigenvalue weighted by Crippen LogP contribution is -2.24. The molecule has 0 aliphatic rings. The first-order valence-corrected chi connectivity index (χ1v) is 6.88. The number of aryl methyl sites for hydroxylation is 2. The van der Waals surface area contributed by atoms with E-state index in [0.717, 1.165) is 6.42 Å². The minimum atomic E-state index is -0.0503. The smallest absolute Gasteiger partial charge is 0.263 e. The molecular weight excluding hydrogens is 278 g/mol. The normalized spacial score (nSPS) is 10.8. The Labute approximate surface area is 121 Å². The summed E-state index contributed by atoms with van der Waals surface area (Å²) in [5.74, 6) is 0.808. The molecule has 0 saturated carbocycles. The largest absolute Gasteiger partial charge is 0.471 e. The Bertz CT molecular complexity index is 691. The van der Waals surface area contributed by atoms with Crippen LogP contribution < -0.4 is 10.9 Å². The van der Waals surface area contributed by atoms with E-state index < -0.39 is 0 Å². The van der Waals surface area contributed by atoms with Crippen LogP contribution in [0, 0.1) is 6.92 Å². The second kappa shape index (κ2) is 6.00. The molecule has 0 radical (unpaired) electrons. The molecule has 0 aliphatic heterocycles. The average Bonchev–Trinajstić information content (AvgIpc) is 2.77. The van der Waals surface area contributed by atoms with Crippen LogP contribution in [0.2, 0.25) is 0 Å². The Morgan fingerprint density at radius 3 is 2.90 bits per heavy atom. The van der Waals surface area contributed by atoms with Crippen molar-refractivity contribution in [3.05, 3.63) is 22.1 Å². The first-order chi connectivity index (χ1) is 9.56. The molecule has 0 bridgehead atoms. The van der Waals surface area contributed by atoms with Gasteiger partial charge in [-0.25, -0.2) is 4.52 Å². The Balaban J connectivity index is 2.45. The standard InChI is InChI=1S/C12H17N5O2S/c1-4-6-16-9(18)8(3)7-17-11(16)13-10(15-17)14-12(20)19-5-2/h7H,4-6H2,1-3H3,(H,14,15,20). The van der Waals surface area contributed by atoms with Crippen LogP contribution in [-0.4, -0.2) is 30.9 Å². The van der Waals surface area contributed by atoms with E-state index in [2.05, 4.69) is 15.4 Å². The van der Waals surface area contributed by atoms with Gasteiger partial charge >= 0.3 is 0 Å². The summed E-state index contributed by atoms with van der Waals surface area (Å²) in [5, 5.41) is 7.25. The van der Waals surface area contributed by atoms with Crippen molar-refractivity contribution in [1.29, 1.82) is 0 Å². The van der Waals surface area contributed by atoms with E-state index in [9.17, 15) is 4.79 Å². The molecule has 0 unspecified atom stereocenters. The second-order valence-corrected chi connectivity index (χ2v) is 4.67. The van der Waals surface area contributed by atoms with Gasteiger partial charge in [0.25, 0.3) is 16.7 Å². The lowest BCUT2D eigenvalue weighted by atomic mass is 10.3. The molecule has 0 aliphatic carbocycles. The summed E-state index contributed by atoms with van der Waals surface area (Å²) in [5.41, 5.74) is 0.570. The van der Waals surface area contributed by atoms with Crippen molar-refractivity contribution in [1.82, 2.24) is 19.2 Å². The molecule has 0 amide bonds. The molecule has 0 spiro atoms. The quantitative estimate of drug-likeness (QED) is 0.858. The zero-order valence-corrected chi connectivity index (χ0v) is 12.5. The summed E-state index contributed by atoms with van der Waals surface area (Å²) in [6, 6.07) is 0. The van der Waals surface area contributed by atoms with Gasteiger partial charge in [0.2, 0.25) is 5.78 Å². The van der Waals surface area contributed by atoms with Crippen LogP contribution in [0.15, 0.2) is 11.0 Å². The van der Waals surface area contributed by atoms with Crippen molar-refractivity contribution in [3.8, 4) is 0 Å². The molecule has 0 saturated heterocycles. The highest BCUT2D eigenvalue weighted by Crippen LogP contribution is 2.06. The maximum absolute atomic E-state index is 12.1. The highest BCUT2D eigenvalue weighted by molar-refractivity contribution is 7.80. The molecule has 8 heteroatoms. The average molecular weight is 295 g/mol. The number of nitrogens with zero attached hydrogens (tertiary/aromatic N) is 4. The van der Waals surface area contributed by atoms with Crippen molar-refractivity contribution in [2.75, 3.05) is 11.9 Å². The van der Waals surface area contributed by atoms with E-state index >= 15 is 0 Å². The third kappa shape index (κ3) is 2.79. The molecule has 2 aromatic rings. The Morgan fingerprint density at radius 2 is 2.25 bits per heavy atom. The lowest BCUT2D eigenvalue weighted by molar-refractivity contribution is 0.335. The van der Waals surface area contributed by atoms with Crippen molar-refractivity contribution in [2.24, 2.45) is 0 Å². The molecule has 2 rings (SSSR count). The summed E-state index contributed by atoms with van der Waals surface area (Å²) < 4.78 is 8.31. The first-order valence-electron chi connectivity index (χ1n) is 6.47. The highest BCUT2D eigenvalue weighted by Gasteiger charge is 2.12. The zero-order valence-electron chi connectivity index (χ0n) is 11.7. The molecular formula is C12H17N5O2S. The fourth-order valence-corrected chi connectivity index (χ4v) is 2.07. The van der Waals surface area contributed by atoms with Gasteiger partial charge in [-0.15, -0.1) is 5.10 Å². The van der Waals surface area contributed by atoms with Crippen LogP contribution in [0.25, 0.3) is 5.78 Å². The minimum absolute atomic E-state index is 0.0503. The number of hydrogen-bond acceptors (Lipinski definition) is 5. The van der Waals surface area contributed by atoms with Crippen LogP contribution in [0.4, 0.5) is 5.95 Å². The second-order valence-electron chi connectivity index (χ2n) is 4.29. The number of nitrogens with one attached hydrogen (secondary N) is 1. The van der Waals surface area contributed by atoms with Crippen LogP contribution in [-0.2, 0) is 11.3 Å². The Kier molecular flexibility index (Phi) is 4.33. The number of anilines is 1. The third-order valence-corrected chi connectivity index (χ3v) is 2.91.